The first kappa shape index (κ1) is 16.2. The van der Waals surface area contributed by atoms with E-state index in [-0.39, 0.29) is 5.97 Å². The molecule has 5 heteroatoms. The maximum atomic E-state index is 12.5. The zero-order valence-corrected chi connectivity index (χ0v) is 14.4. The van der Waals surface area contributed by atoms with Gasteiger partial charge in [0.2, 0.25) is 0 Å². The molecule has 0 amide bonds. The van der Waals surface area contributed by atoms with Gasteiger partial charge in [0.25, 0.3) is 0 Å². The number of thiocarbonyl (C=S) groups is 1. The highest BCUT2D eigenvalue weighted by molar-refractivity contribution is 7.80. The topological polar surface area (TPSA) is 57.2 Å². The molecule has 0 atom stereocenters. The van der Waals surface area contributed by atoms with Gasteiger partial charge in [-0.05, 0) is 49.7 Å². The molecule has 0 aliphatic heterocycles. The first-order chi connectivity index (χ1) is 11.5. The molecule has 2 N–H and O–H groups in total. The molecule has 0 unspecified atom stereocenters. The molecule has 0 saturated heterocycles. The Hall–Kier alpha value is -2.66. The summed E-state index contributed by atoms with van der Waals surface area (Å²) in [7, 11) is 0. The molecule has 2 aromatic carbocycles. The van der Waals surface area contributed by atoms with Crippen LogP contribution in [0.1, 0.15) is 28.5 Å². The second-order valence-electron chi connectivity index (χ2n) is 5.46. The van der Waals surface area contributed by atoms with E-state index in [1.807, 2.05) is 60.0 Å². The highest BCUT2D eigenvalue weighted by Gasteiger charge is 2.22. The molecule has 0 bridgehead atoms. The molecule has 0 aliphatic rings. The van der Waals surface area contributed by atoms with Crippen molar-refractivity contribution in [2.24, 2.45) is 5.73 Å². The van der Waals surface area contributed by atoms with Crippen LogP contribution in [0.3, 0.4) is 0 Å². The minimum Gasteiger partial charge on any atom is -0.461 e. The number of benzene rings is 2. The lowest BCUT2D eigenvalue weighted by Gasteiger charge is -2.11. The van der Waals surface area contributed by atoms with E-state index in [2.05, 4.69) is 0 Å². The summed E-state index contributed by atoms with van der Waals surface area (Å²) in [6, 6.07) is 15.4. The number of para-hydroxylation sites is 1. The lowest BCUT2D eigenvalue weighted by molar-refractivity contribution is 0.0516. The summed E-state index contributed by atoms with van der Waals surface area (Å²) in [4.78, 5) is 12.9. The zero-order valence-electron chi connectivity index (χ0n) is 13.6. The molecule has 0 fully saturated rings. The fraction of sp³-hybridized carbons (Fsp3) is 0.158. The van der Waals surface area contributed by atoms with Crippen molar-refractivity contribution >= 4 is 34.1 Å². The molecule has 4 nitrogen and oxygen atoms in total. The van der Waals surface area contributed by atoms with Crippen LogP contribution in [0.25, 0.3) is 16.6 Å². The normalized spacial score (nSPS) is 10.8. The SMILES string of the molecule is CCOC(=O)c1c(C)c2ccccc2n1-c1ccc(C(N)=S)cc1. The van der Waals surface area contributed by atoms with Gasteiger partial charge in [0.15, 0.2) is 0 Å². The summed E-state index contributed by atoms with van der Waals surface area (Å²) >= 11 is 5.00. The Labute approximate surface area is 145 Å². The third-order valence-electron chi connectivity index (χ3n) is 4.01. The average Bonchev–Trinajstić information content (AvgIpc) is 2.88. The van der Waals surface area contributed by atoms with Crippen LogP contribution in [0.5, 0.6) is 0 Å². The number of esters is 1. The van der Waals surface area contributed by atoms with Crippen molar-refractivity contribution in [2.45, 2.75) is 13.8 Å². The Morgan fingerprint density at radius 1 is 1.17 bits per heavy atom. The van der Waals surface area contributed by atoms with Crippen LogP contribution in [-0.4, -0.2) is 22.1 Å². The standard InChI is InChI=1S/C19H18N2O2S/c1-3-23-19(22)17-12(2)15-6-4-5-7-16(15)21(17)14-10-8-13(9-11-14)18(20)24/h4-11H,3H2,1-2H3,(H2,20,24). The van der Waals surface area contributed by atoms with E-state index >= 15 is 0 Å². The van der Waals surface area contributed by atoms with Crippen molar-refractivity contribution in [3.8, 4) is 5.69 Å². The number of rotatable bonds is 4. The predicted octanol–water partition coefficient (Wildman–Crippen LogP) is 3.75. The number of nitrogens with two attached hydrogens (primary N) is 1. The third-order valence-corrected chi connectivity index (χ3v) is 4.24. The number of carbonyl (C=O) groups excluding carboxylic acids is 1. The van der Waals surface area contributed by atoms with Gasteiger partial charge in [0, 0.05) is 16.6 Å². The summed E-state index contributed by atoms with van der Waals surface area (Å²) < 4.78 is 7.18. The molecule has 0 saturated carbocycles. The van der Waals surface area contributed by atoms with Crippen LogP contribution in [0, 0.1) is 6.92 Å². The van der Waals surface area contributed by atoms with E-state index in [0.29, 0.717) is 17.3 Å². The fourth-order valence-electron chi connectivity index (χ4n) is 2.89. The fourth-order valence-corrected chi connectivity index (χ4v) is 3.02. The Morgan fingerprint density at radius 3 is 2.46 bits per heavy atom. The van der Waals surface area contributed by atoms with Crippen LogP contribution in [-0.2, 0) is 4.74 Å². The quantitative estimate of drug-likeness (QED) is 0.581. The van der Waals surface area contributed by atoms with Crippen molar-refractivity contribution in [3.63, 3.8) is 0 Å². The molecule has 1 heterocycles. The van der Waals surface area contributed by atoms with E-state index in [4.69, 9.17) is 22.7 Å². The molecule has 3 aromatic rings. The Balaban J connectivity index is 2.27. The number of hydrogen-bond donors (Lipinski definition) is 1. The number of nitrogens with zero attached hydrogens (tertiary/aromatic N) is 1. The highest BCUT2D eigenvalue weighted by Crippen LogP contribution is 2.29. The molecule has 0 radical (unpaired) electrons. The Bertz CT molecular complexity index is 926. The Kier molecular flexibility index (Phi) is 4.36. The van der Waals surface area contributed by atoms with E-state index in [1.54, 1.807) is 6.92 Å². The number of aromatic nitrogens is 1. The van der Waals surface area contributed by atoms with Crippen LogP contribution >= 0.6 is 12.2 Å². The Morgan fingerprint density at radius 2 is 1.83 bits per heavy atom. The monoisotopic (exact) mass is 338 g/mol. The van der Waals surface area contributed by atoms with E-state index in [0.717, 1.165) is 27.7 Å². The van der Waals surface area contributed by atoms with Crippen molar-refractivity contribution < 1.29 is 9.53 Å². The predicted molar refractivity (Wildman–Crippen MR) is 99.9 cm³/mol. The molecule has 3 rings (SSSR count). The first-order valence-corrected chi connectivity index (χ1v) is 8.12. The van der Waals surface area contributed by atoms with E-state index in [1.165, 1.54) is 0 Å². The van der Waals surface area contributed by atoms with Gasteiger partial charge in [-0.3, -0.25) is 0 Å². The van der Waals surface area contributed by atoms with Gasteiger partial charge in [0.1, 0.15) is 10.7 Å². The van der Waals surface area contributed by atoms with Crippen LogP contribution < -0.4 is 5.73 Å². The number of ether oxygens (including phenoxy) is 1. The second kappa shape index (κ2) is 6.45. The summed E-state index contributed by atoms with van der Waals surface area (Å²) in [6.45, 7) is 4.08. The zero-order chi connectivity index (χ0) is 17.3. The lowest BCUT2D eigenvalue weighted by atomic mass is 10.1. The van der Waals surface area contributed by atoms with E-state index < -0.39 is 0 Å². The summed E-state index contributed by atoms with van der Waals surface area (Å²) in [5, 5.41) is 1.03. The second-order valence-corrected chi connectivity index (χ2v) is 5.90. The van der Waals surface area contributed by atoms with Crippen molar-refractivity contribution in [3.05, 3.63) is 65.4 Å². The minimum absolute atomic E-state index is 0.329. The number of hydrogen-bond acceptors (Lipinski definition) is 3. The maximum absolute atomic E-state index is 12.5. The first-order valence-electron chi connectivity index (χ1n) is 7.72. The minimum atomic E-state index is -0.329. The van der Waals surface area contributed by atoms with Crippen LogP contribution in [0.2, 0.25) is 0 Å². The molecule has 122 valence electrons. The van der Waals surface area contributed by atoms with Gasteiger partial charge in [-0.2, -0.15) is 0 Å². The molecule has 0 aliphatic carbocycles. The van der Waals surface area contributed by atoms with Crippen LogP contribution in [0.4, 0.5) is 0 Å². The summed E-state index contributed by atoms with van der Waals surface area (Å²) in [6.07, 6.45) is 0. The molecular weight excluding hydrogens is 320 g/mol. The number of carbonyl (C=O) groups is 1. The maximum Gasteiger partial charge on any atom is 0.355 e. The van der Waals surface area contributed by atoms with Gasteiger partial charge >= 0.3 is 5.97 Å². The molecular formula is C19H18N2O2S. The summed E-state index contributed by atoms with van der Waals surface area (Å²) in [5.41, 5.74) is 9.73. The van der Waals surface area contributed by atoms with Crippen molar-refractivity contribution in [1.29, 1.82) is 0 Å². The van der Waals surface area contributed by atoms with Crippen LogP contribution in [0.15, 0.2) is 48.5 Å². The molecule has 0 spiro atoms. The summed E-state index contributed by atoms with van der Waals surface area (Å²) in [5.74, 6) is -0.329. The average molecular weight is 338 g/mol. The number of fused-ring (bicyclic) bond motifs is 1. The molecule has 24 heavy (non-hydrogen) atoms. The van der Waals surface area contributed by atoms with Gasteiger partial charge in [-0.15, -0.1) is 0 Å². The van der Waals surface area contributed by atoms with Gasteiger partial charge in [-0.1, -0.05) is 30.4 Å². The molecule has 1 aromatic heterocycles. The number of aryl methyl sites for hydroxylation is 1. The highest BCUT2D eigenvalue weighted by atomic mass is 32.1. The smallest absolute Gasteiger partial charge is 0.355 e. The third kappa shape index (κ3) is 2.67. The van der Waals surface area contributed by atoms with Crippen molar-refractivity contribution in [1.82, 2.24) is 4.57 Å². The van der Waals surface area contributed by atoms with Gasteiger partial charge in [0.05, 0.1) is 12.1 Å². The van der Waals surface area contributed by atoms with Crippen molar-refractivity contribution in [2.75, 3.05) is 6.61 Å². The van der Waals surface area contributed by atoms with E-state index in [9.17, 15) is 4.79 Å². The largest absolute Gasteiger partial charge is 0.461 e. The van der Waals surface area contributed by atoms with Gasteiger partial charge < -0.3 is 15.0 Å². The lowest BCUT2D eigenvalue weighted by Crippen LogP contribution is -2.13. The van der Waals surface area contributed by atoms with Gasteiger partial charge in [-0.25, -0.2) is 4.79 Å².